The molecule has 1 aliphatic carbocycles. The largest absolute Gasteiger partial charge is 0.326 e. The molecule has 1 saturated carbocycles. The average Bonchev–Trinajstić information content (AvgIpc) is 3.04. The van der Waals surface area contributed by atoms with Crippen LogP contribution in [0, 0.1) is 0 Å². The lowest BCUT2D eigenvalue weighted by atomic mass is 10.1. The van der Waals surface area contributed by atoms with Gasteiger partial charge in [-0.2, -0.15) is 0 Å². The number of fused-ring (bicyclic) bond motifs is 1. The lowest BCUT2D eigenvalue weighted by molar-refractivity contribution is 0.540. The van der Waals surface area contributed by atoms with E-state index < -0.39 is 0 Å². The fourth-order valence-corrected chi connectivity index (χ4v) is 3.30. The molecule has 102 valence electrons. The number of benzene rings is 1. The molecule has 0 atom stereocenters. The molecular weight excluding hydrogens is 234 g/mol. The number of imidazole rings is 1. The lowest BCUT2D eigenvalue weighted by Gasteiger charge is -2.16. The summed E-state index contributed by atoms with van der Waals surface area (Å²) in [5.74, 6) is 1.94. The predicted octanol–water partition coefficient (Wildman–Crippen LogP) is 3.73. The van der Waals surface area contributed by atoms with Crippen molar-refractivity contribution in [3.05, 3.63) is 29.6 Å². The maximum atomic E-state index is 5.73. The average molecular weight is 257 g/mol. The second-order valence-electron chi connectivity index (χ2n) is 5.94. The summed E-state index contributed by atoms with van der Waals surface area (Å²) in [7, 11) is 0. The van der Waals surface area contributed by atoms with Gasteiger partial charge in [-0.25, -0.2) is 4.98 Å². The van der Waals surface area contributed by atoms with E-state index in [1.165, 1.54) is 42.6 Å². The van der Waals surface area contributed by atoms with Gasteiger partial charge in [0.25, 0.3) is 0 Å². The van der Waals surface area contributed by atoms with Gasteiger partial charge in [0.2, 0.25) is 0 Å². The molecule has 3 nitrogen and oxygen atoms in total. The zero-order chi connectivity index (χ0) is 13.4. The predicted molar refractivity (Wildman–Crippen MR) is 79.2 cm³/mol. The van der Waals surface area contributed by atoms with Crippen LogP contribution in [0.1, 0.15) is 62.9 Å². The maximum absolute atomic E-state index is 5.73. The van der Waals surface area contributed by atoms with Crippen molar-refractivity contribution in [2.45, 2.75) is 58.0 Å². The summed E-state index contributed by atoms with van der Waals surface area (Å²) in [6.45, 7) is 5.08. The first-order valence-corrected chi connectivity index (χ1v) is 7.41. The highest BCUT2D eigenvalue weighted by molar-refractivity contribution is 5.77. The SMILES string of the molecule is CC(C)n1c(C2CCCC2)nc2cc(CN)ccc21. The quantitative estimate of drug-likeness (QED) is 0.910. The number of nitrogens with two attached hydrogens (primary N) is 1. The van der Waals surface area contributed by atoms with Crippen LogP contribution < -0.4 is 5.73 Å². The first-order valence-electron chi connectivity index (χ1n) is 7.41. The van der Waals surface area contributed by atoms with Crippen LogP contribution in [0.2, 0.25) is 0 Å². The third kappa shape index (κ3) is 2.16. The van der Waals surface area contributed by atoms with Crippen molar-refractivity contribution < 1.29 is 0 Å². The van der Waals surface area contributed by atoms with Gasteiger partial charge in [-0.05, 0) is 44.4 Å². The Morgan fingerprint density at radius 2 is 2.05 bits per heavy atom. The molecule has 3 heteroatoms. The molecule has 1 fully saturated rings. The Bertz CT molecular complexity index is 577. The summed E-state index contributed by atoms with van der Waals surface area (Å²) in [5, 5.41) is 0. The molecule has 3 rings (SSSR count). The third-order valence-corrected chi connectivity index (χ3v) is 4.25. The molecule has 2 aromatic rings. The molecule has 1 aromatic heterocycles. The van der Waals surface area contributed by atoms with Gasteiger partial charge < -0.3 is 10.3 Å². The number of hydrogen-bond acceptors (Lipinski definition) is 2. The zero-order valence-corrected chi connectivity index (χ0v) is 11.9. The first kappa shape index (κ1) is 12.7. The molecule has 0 bridgehead atoms. The normalized spacial score (nSPS) is 16.8. The van der Waals surface area contributed by atoms with E-state index in [1.54, 1.807) is 0 Å². The molecular formula is C16H23N3. The van der Waals surface area contributed by atoms with Crippen LogP contribution in [-0.4, -0.2) is 9.55 Å². The number of hydrogen-bond donors (Lipinski definition) is 1. The van der Waals surface area contributed by atoms with Crippen molar-refractivity contribution in [2.75, 3.05) is 0 Å². The smallest absolute Gasteiger partial charge is 0.113 e. The Balaban J connectivity index is 2.16. The molecule has 0 aliphatic heterocycles. The molecule has 1 aliphatic rings. The van der Waals surface area contributed by atoms with Crippen molar-refractivity contribution in [3.8, 4) is 0 Å². The van der Waals surface area contributed by atoms with Crippen LogP contribution in [0.25, 0.3) is 11.0 Å². The van der Waals surface area contributed by atoms with E-state index in [2.05, 4.69) is 36.6 Å². The summed E-state index contributed by atoms with van der Waals surface area (Å²) in [6.07, 6.45) is 5.28. The molecule has 1 aromatic carbocycles. The minimum atomic E-state index is 0.462. The Morgan fingerprint density at radius 1 is 1.32 bits per heavy atom. The Labute approximate surface area is 114 Å². The number of rotatable bonds is 3. The molecule has 19 heavy (non-hydrogen) atoms. The van der Waals surface area contributed by atoms with Gasteiger partial charge in [0.1, 0.15) is 5.82 Å². The van der Waals surface area contributed by atoms with Crippen LogP contribution in [0.4, 0.5) is 0 Å². The first-order chi connectivity index (χ1) is 9.20. The Kier molecular flexibility index (Phi) is 3.31. The van der Waals surface area contributed by atoms with Crippen LogP contribution in [0.3, 0.4) is 0 Å². The van der Waals surface area contributed by atoms with Crippen LogP contribution in [0.15, 0.2) is 18.2 Å². The summed E-state index contributed by atoms with van der Waals surface area (Å²) in [5.41, 5.74) is 9.27. The number of aromatic nitrogens is 2. The highest BCUT2D eigenvalue weighted by Gasteiger charge is 2.24. The third-order valence-electron chi connectivity index (χ3n) is 4.25. The second kappa shape index (κ2) is 4.97. The second-order valence-corrected chi connectivity index (χ2v) is 5.94. The van der Waals surface area contributed by atoms with E-state index in [1.807, 2.05) is 0 Å². The van der Waals surface area contributed by atoms with Crippen molar-refractivity contribution in [1.82, 2.24) is 9.55 Å². The summed E-state index contributed by atoms with van der Waals surface area (Å²) >= 11 is 0. The minimum absolute atomic E-state index is 0.462. The summed E-state index contributed by atoms with van der Waals surface area (Å²) in [6, 6.07) is 6.92. The van der Waals surface area contributed by atoms with Crippen molar-refractivity contribution in [1.29, 1.82) is 0 Å². The standard InChI is InChI=1S/C16H23N3/c1-11(2)19-15-8-7-12(10-17)9-14(15)18-16(19)13-5-3-4-6-13/h7-9,11,13H,3-6,10,17H2,1-2H3. The van der Waals surface area contributed by atoms with E-state index in [0.717, 1.165) is 5.52 Å². The highest BCUT2D eigenvalue weighted by Crippen LogP contribution is 2.36. The molecule has 0 saturated heterocycles. The van der Waals surface area contributed by atoms with Crippen molar-refractivity contribution in [2.24, 2.45) is 5.73 Å². The maximum Gasteiger partial charge on any atom is 0.113 e. The van der Waals surface area contributed by atoms with Gasteiger partial charge >= 0.3 is 0 Å². The van der Waals surface area contributed by atoms with Gasteiger partial charge in [-0.15, -0.1) is 0 Å². The van der Waals surface area contributed by atoms with E-state index in [9.17, 15) is 0 Å². The highest BCUT2D eigenvalue weighted by atomic mass is 15.1. The van der Waals surface area contributed by atoms with Crippen molar-refractivity contribution in [3.63, 3.8) is 0 Å². The van der Waals surface area contributed by atoms with Crippen LogP contribution in [0.5, 0.6) is 0 Å². The van der Waals surface area contributed by atoms with E-state index in [-0.39, 0.29) is 0 Å². The van der Waals surface area contributed by atoms with Crippen molar-refractivity contribution >= 4 is 11.0 Å². The van der Waals surface area contributed by atoms with Crippen LogP contribution >= 0.6 is 0 Å². The lowest BCUT2D eigenvalue weighted by Crippen LogP contribution is -2.09. The molecule has 0 radical (unpaired) electrons. The Morgan fingerprint density at radius 3 is 2.68 bits per heavy atom. The van der Waals surface area contributed by atoms with E-state index in [0.29, 0.717) is 18.5 Å². The Hall–Kier alpha value is -1.35. The minimum Gasteiger partial charge on any atom is -0.326 e. The van der Waals surface area contributed by atoms with E-state index in [4.69, 9.17) is 10.7 Å². The summed E-state index contributed by atoms with van der Waals surface area (Å²) < 4.78 is 2.42. The van der Waals surface area contributed by atoms with Gasteiger partial charge in [0.15, 0.2) is 0 Å². The van der Waals surface area contributed by atoms with Crippen LogP contribution in [-0.2, 0) is 6.54 Å². The molecule has 0 unspecified atom stereocenters. The number of nitrogens with zero attached hydrogens (tertiary/aromatic N) is 2. The molecule has 0 amide bonds. The van der Waals surface area contributed by atoms with Gasteiger partial charge in [0, 0.05) is 18.5 Å². The fraction of sp³-hybridized carbons (Fsp3) is 0.562. The van der Waals surface area contributed by atoms with E-state index >= 15 is 0 Å². The monoisotopic (exact) mass is 257 g/mol. The zero-order valence-electron chi connectivity index (χ0n) is 11.9. The fourth-order valence-electron chi connectivity index (χ4n) is 3.30. The van der Waals surface area contributed by atoms with Gasteiger partial charge in [-0.1, -0.05) is 18.9 Å². The topological polar surface area (TPSA) is 43.8 Å². The van der Waals surface area contributed by atoms with Gasteiger partial charge in [-0.3, -0.25) is 0 Å². The van der Waals surface area contributed by atoms with Gasteiger partial charge in [0.05, 0.1) is 11.0 Å². The molecule has 1 heterocycles. The molecule has 2 N–H and O–H groups in total. The molecule has 0 spiro atoms. The summed E-state index contributed by atoms with van der Waals surface area (Å²) in [4.78, 5) is 4.93.